The van der Waals surface area contributed by atoms with Gasteiger partial charge in [-0.25, -0.2) is 0 Å². The van der Waals surface area contributed by atoms with Gasteiger partial charge in [0.2, 0.25) is 5.91 Å². The average molecular weight is 366 g/mol. The van der Waals surface area contributed by atoms with Gasteiger partial charge in [0.15, 0.2) is 0 Å². The van der Waals surface area contributed by atoms with Crippen LogP contribution in [0.4, 0.5) is 18.9 Å². The number of anilines is 1. The number of halogens is 3. The standard InChI is InChI=1S/C18H17F3N2O3/c1-12(24)22-15-9-7-13(8-10-15)17(25)23(2)11-14-5-3-4-6-16(14)26-18(19,20)21/h3-10H,11H2,1-2H3,(H,22,24). The Kier molecular flexibility index (Phi) is 5.86. The maximum atomic E-state index is 12.5. The minimum Gasteiger partial charge on any atom is -0.405 e. The first-order chi connectivity index (χ1) is 12.2. The molecule has 0 bridgehead atoms. The molecule has 0 heterocycles. The minimum absolute atomic E-state index is 0.0570. The van der Waals surface area contributed by atoms with E-state index >= 15 is 0 Å². The molecule has 0 fully saturated rings. The van der Waals surface area contributed by atoms with Gasteiger partial charge in [-0.2, -0.15) is 0 Å². The van der Waals surface area contributed by atoms with Gasteiger partial charge < -0.3 is 15.0 Å². The number of alkyl halides is 3. The molecule has 138 valence electrons. The molecule has 1 N–H and O–H groups in total. The molecular formula is C18H17F3N2O3. The first kappa shape index (κ1) is 19.3. The predicted octanol–water partition coefficient (Wildman–Crippen LogP) is 3.82. The molecular weight excluding hydrogens is 349 g/mol. The van der Waals surface area contributed by atoms with Gasteiger partial charge in [-0.15, -0.1) is 13.2 Å². The van der Waals surface area contributed by atoms with Gasteiger partial charge in [0.25, 0.3) is 5.91 Å². The zero-order chi connectivity index (χ0) is 19.3. The third kappa shape index (κ3) is 5.51. The molecule has 0 aliphatic heterocycles. The summed E-state index contributed by atoms with van der Waals surface area (Å²) in [6, 6.07) is 11.9. The Labute approximate surface area is 148 Å². The molecule has 2 rings (SSSR count). The molecule has 5 nitrogen and oxygen atoms in total. The second-order valence-electron chi connectivity index (χ2n) is 5.58. The van der Waals surface area contributed by atoms with Gasteiger partial charge in [0.1, 0.15) is 5.75 Å². The van der Waals surface area contributed by atoms with Crippen LogP contribution >= 0.6 is 0 Å². The van der Waals surface area contributed by atoms with Crippen LogP contribution < -0.4 is 10.1 Å². The van der Waals surface area contributed by atoms with Crippen LogP contribution in [0.15, 0.2) is 48.5 Å². The summed E-state index contributed by atoms with van der Waals surface area (Å²) < 4.78 is 41.4. The first-order valence-corrected chi connectivity index (χ1v) is 7.62. The number of carbonyl (C=O) groups is 2. The molecule has 26 heavy (non-hydrogen) atoms. The Morgan fingerprint density at radius 2 is 1.69 bits per heavy atom. The fraction of sp³-hybridized carbons (Fsp3) is 0.222. The molecule has 2 aromatic carbocycles. The summed E-state index contributed by atoms with van der Waals surface area (Å²) in [5, 5.41) is 2.58. The van der Waals surface area contributed by atoms with Gasteiger partial charge in [-0.05, 0) is 30.3 Å². The molecule has 0 saturated heterocycles. The van der Waals surface area contributed by atoms with E-state index in [1.165, 1.54) is 49.2 Å². The number of para-hydroxylation sites is 1. The van der Waals surface area contributed by atoms with Crippen molar-refractivity contribution in [2.24, 2.45) is 0 Å². The lowest BCUT2D eigenvalue weighted by molar-refractivity contribution is -0.275. The van der Waals surface area contributed by atoms with Gasteiger partial charge in [0, 0.05) is 37.3 Å². The number of nitrogens with one attached hydrogen (secondary N) is 1. The smallest absolute Gasteiger partial charge is 0.405 e. The van der Waals surface area contributed by atoms with Crippen LogP contribution in [-0.2, 0) is 11.3 Å². The maximum absolute atomic E-state index is 12.5. The number of hydrogen-bond donors (Lipinski definition) is 1. The van der Waals surface area contributed by atoms with E-state index in [4.69, 9.17) is 0 Å². The molecule has 0 aliphatic rings. The van der Waals surface area contributed by atoms with E-state index in [-0.39, 0.29) is 29.7 Å². The van der Waals surface area contributed by atoms with Crippen LogP contribution in [0.5, 0.6) is 5.75 Å². The Bertz CT molecular complexity index is 789. The Hall–Kier alpha value is -3.03. The molecule has 0 spiro atoms. The fourth-order valence-corrected chi connectivity index (χ4v) is 2.31. The van der Waals surface area contributed by atoms with Gasteiger partial charge in [-0.1, -0.05) is 18.2 Å². The highest BCUT2D eigenvalue weighted by Gasteiger charge is 2.32. The SMILES string of the molecule is CC(=O)Nc1ccc(C(=O)N(C)Cc2ccccc2OC(F)(F)F)cc1. The molecule has 0 unspecified atom stereocenters. The zero-order valence-corrected chi connectivity index (χ0v) is 14.1. The third-order valence-corrected chi connectivity index (χ3v) is 3.40. The van der Waals surface area contributed by atoms with Crippen molar-refractivity contribution in [2.45, 2.75) is 19.8 Å². The molecule has 2 amide bonds. The first-order valence-electron chi connectivity index (χ1n) is 7.62. The van der Waals surface area contributed by atoms with Gasteiger partial charge in [-0.3, -0.25) is 9.59 Å². The molecule has 8 heteroatoms. The maximum Gasteiger partial charge on any atom is 0.573 e. The molecule has 2 aromatic rings. The van der Waals surface area contributed by atoms with Crippen molar-refractivity contribution in [2.75, 3.05) is 12.4 Å². The summed E-state index contributed by atoms with van der Waals surface area (Å²) in [4.78, 5) is 24.7. The van der Waals surface area contributed by atoms with E-state index in [0.29, 0.717) is 11.3 Å². The Morgan fingerprint density at radius 1 is 1.08 bits per heavy atom. The van der Waals surface area contributed by atoms with Crippen LogP contribution in [0.3, 0.4) is 0 Å². The van der Waals surface area contributed by atoms with Crippen molar-refractivity contribution in [3.05, 3.63) is 59.7 Å². The second kappa shape index (κ2) is 7.90. The summed E-state index contributed by atoms with van der Waals surface area (Å²) in [6.45, 7) is 1.31. The van der Waals surface area contributed by atoms with Gasteiger partial charge in [0.05, 0.1) is 0 Å². The highest BCUT2D eigenvalue weighted by molar-refractivity contribution is 5.95. The number of nitrogens with zero attached hydrogens (tertiary/aromatic N) is 1. The molecule has 0 aliphatic carbocycles. The van der Waals surface area contributed by atoms with E-state index in [1.807, 2.05) is 0 Å². The zero-order valence-electron chi connectivity index (χ0n) is 14.1. The summed E-state index contributed by atoms with van der Waals surface area (Å²) in [5.41, 5.74) is 1.12. The number of rotatable bonds is 5. The van der Waals surface area contributed by atoms with Crippen LogP contribution in [0.25, 0.3) is 0 Å². The summed E-state index contributed by atoms with van der Waals surface area (Å²) >= 11 is 0. The largest absolute Gasteiger partial charge is 0.573 e. The van der Waals surface area contributed by atoms with Crippen molar-refractivity contribution in [1.82, 2.24) is 4.90 Å². The van der Waals surface area contributed by atoms with Crippen molar-refractivity contribution in [1.29, 1.82) is 0 Å². The van der Waals surface area contributed by atoms with E-state index < -0.39 is 6.36 Å². The third-order valence-electron chi connectivity index (χ3n) is 3.40. The lowest BCUT2D eigenvalue weighted by Gasteiger charge is -2.20. The van der Waals surface area contributed by atoms with Crippen molar-refractivity contribution < 1.29 is 27.5 Å². The number of ether oxygens (including phenoxy) is 1. The highest BCUT2D eigenvalue weighted by Crippen LogP contribution is 2.27. The summed E-state index contributed by atoms with van der Waals surface area (Å²) in [5.74, 6) is -0.954. The normalized spacial score (nSPS) is 11.0. The Balaban J connectivity index is 2.11. The quantitative estimate of drug-likeness (QED) is 0.875. The van der Waals surface area contributed by atoms with Crippen LogP contribution in [0, 0.1) is 0 Å². The van der Waals surface area contributed by atoms with Crippen molar-refractivity contribution in [3.8, 4) is 5.75 Å². The number of hydrogen-bond acceptors (Lipinski definition) is 3. The second-order valence-corrected chi connectivity index (χ2v) is 5.58. The van der Waals surface area contributed by atoms with E-state index in [1.54, 1.807) is 18.2 Å². The van der Waals surface area contributed by atoms with E-state index in [2.05, 4.69) is 10.1 Å². The van der Waals surface area contributed by atoms with E-state index in [9.17, 15) is 22.8 Å². The van der Waals surface area contributed by atoms with E-state index in [0.717, 1.165) is 0 Å². The number of amides is 2. The molecule has 0 atom stereocenters. The lowest BCUT2D eigenvalue weighted by Crippen LogP contribution is -2.27. The summed E-state index contributed by atoms with van der Waals surface area (Å²) in [7, 11) is 1.48. The predicted molar refractivity (Wildman–Crippen MR) is 89.7 cm³/mol. The molecule has 0 saturated carbocycles. The van der Waals surface area contributed by atoms with Crippen molar-refractivity contribution >= 4 is 17.5 Å². The van der Waals surface area contributed by atoms with Crippen LogP contribution in [0.2, 0.25) is 0 Å². The highest BCUT2D eigenvalue weighted by atomic mass is 19.4. The summed E-state index contributed by atoms with van der Waals surface area (Å²) in [6.07, 6.45) is -4.81. The van der Waals surface area contributed by atoms with Crippen molar-refractivity contribution in [3.63, 3.8) is 0 Å². The number of carbonyl (C=O) groups excluding carboxylic acids is 2. The number of benzene rings is 2. The fourth-order valence-electron chi connectivity index (χ4n) is 2.31. The van der Waals surface area contributed by atoms with Crippen LogP contribution in [-0.4, -0.2) is 30.1 Å². The average Bonchev–Trinajstić information content (AvgIpc) is 2.55. The monoisotopic (exact) mass is 366 g/mol. The molecule has 0 aromatic heterocycles. The molecule has 0 radical (unpaired) electrons. The Morgan fingerprint density at radius 3 is 2.27 bits per heavy atom. The van der Waals surface area contributed by atoms with Gasteiger partial charge >= 0.3 is 6.36 Å². The lowest BCUT2D eigenvalue weighted by atomic mass is 10.1. The van der Waals surface area contributed by atoms with Crippen LogP contribution in [0.1, 0.15) is 22.8 Å². The topological polar surface area (TPSA) is 58.6 Å². The minimum atomic E-state index is -4.81.